The molecular formula is C38H30N8O5. The van der Waals surface area contributed by atoms with Crippen molar-refractivity contribution in [3.05, 3.63) is 91.0 Å². The van der Waals surface area contributed by atoms with E-state index in [-0.39, 0.29) is 0 Å². The van der Waals surface area contributed by atoms with Crippen molar-refractivity contribution in [3.8, 4) is 51.3 Å². The first kappa shape index (κ1) is 30.9. The largest absolute Gasteiger partial charge is 0.456 e. The van der Waals surface area contributed by atoms with Crippen molar-refractivity contribution in [1.82, 2.24) is 39.9 Å². The second-order valence-electron chi connectivity index (χ2n) is 11.9. The molecule has 0 saturated carbocycles. The molecule has 252 valence electrons. The molecule has 13 nitrogen and oxygen atoms in total. The Labute approximate surface area is 290 Å². The minimum atomic E-state index is -1.62. The quantitative estimate of drug-likeness (QED) is 0.171. The Morgan fingerprint density at radius 1 is 0.471 bits per heavy atom. The molecule has 1 atom stereocenters. The molecule has 9 rings (SSSR count). The highest BCUT2D eigenvalue weighted by molar-refractivity contribution is 6.06. The third-order valence-electron chi connectivity index (χ3n) is 9.12. The lowest BCUT2D eigenvalue weighted by atomic mass is 10.1. The standard InChI is InChI=1S/C38H30N8O5/c1-47-37(38(48-2,49-3)50-4)51-20-17-18-27-28(19-20)36-45-34-26-16-10-9-15-25(26)32(43-34)41-30-22-12-6-5-11-21(22)29(39-30)40-31-23-13-7-8-14-24(23)33(42-31)44-35(27)46-36/h5-19,37H,1-4H3,(H2,39,40,41,42,43,44,45,46). The Morgan fingerprint density at radius 2 is 0.863 bits per heavy atom. The van der Waals surface area contributed by atoms with Crippen molar-refractivity contribution in [2.45, 2.75) is 12.3 Å². The van der Waals surface area contributed by atoms with Gasteiger partial charge in [-0.05, 0) is 18.2 Å². The van der Waals surface area contributed by atoms with E-state index in [9.17, 15) is 0 Å². The van der Waals surface area contributed by atoms with E-state index in [0.717, 1.165) is 38.4 Å². The summed E-state index contributed by atoms with van der Waals surface area (Å²) in [4.78, 5) is 37.1. The number of rotatable bonds is 7. The van der Waals surface area contributed by atoms with Gasteiger partial charge in [-0.2, -0.15) is 0 Å². The van der Waals surface area contributed by atoms with E-state index >= 15 is 0 Å². The molecule has 2 N–H and O–H groups in total. The number of fused-ring (bicyclic) bond motifs is 20. The number of ether oxygens (including phenoxy) is 5. The first-order valence-corrected chi connectivity index (χ1v) is 16.1. The summed E-state index contributed by atoms with van der Waals surface area (Å²) in [5.74, 6) is 0.891. The van der Waals surface area contributed by atoms with Gasteiger partial charge in [0.25, 0.3) is 6.29 Å². The van der Waals surface area contributed by atoms with Gasteiger partial charge in [-0.1, -0.05) is 72.8 Å². The molecule has 51 heavy (non-hydrogen) atoms. The minimum Gasteiger partial charge on any atom is -0.456 e. The topological polar surface area (TPSA) is 155 Å². The summed E-state index contributed by atoms with van der Waals surface area (Å²) in [7, 11) is 5.80. The second-order valence-corrected chi connectivity index (χ2v) is 11.9. The smallest absolute Gasteiger partial charge is 0.348 e. The van der Waals surface area contributed by atoms with E-state index in [0.29, 0.717) is 57.0 Å². The van der Waals surface area contributed by atoms with Crippen molar-refractivity contribution in [2.75, 3.05) is 28.4 Å². The molecule has 4 aromatic carbocycles. The molecule has 2 aliphatic rings. The molecule has 13 heteroatoms. The van der Waals surface area contributed by atoms with E-state index in [1.807, 2.05) is 84.9 Å². The average Bonchev–Trinajstić information content (AvgIpc) is 3.91. The van der Waals surface area contributed by atoms with E-state index in [2.05, 4.69) is 9.97 Å². The molecule has 0 saturated heterocycles. The molecule has 1 unspecified atom stereocenters. The molecule has 7 aromatic rings. The van der Waals surface area contributed by atoms with E-state index in [1.165, 1.54) is 28.4 Å². The van der Waals surface area contributed by atoms with Crippen LogP contribution in [0.25, 0.3) is 89.7 Å². The number of benzene rings is 4. The van der Waals surface area contributed by atoms with Crippen molar-refractivity contribution in [1.29, 1.82) is 0 Å². The molecule has 3 aromatic heterocycles. The number of aromatic nitrogens is 8. The highest BCUT2D eigenvalue weighted by atomic mass is 16.9. The lowest BCUT2D eigenvalue weighted by molar-refractivity contribution is -0.421. The summed E-state index contributed by atoms with van der Waals surface area (Å²) in [6.45, 7) is 0. The van der Waals surface area contributed by atoms with Crippen LogP contribution < -0.4 is 4.74 Å². The van der Waals surface area contributed by atoms with Crippen LogP contribution in [0.5, 0.6) is 5.75 Å². The lowest BCUT2D eigenvalue weighted by Crippen LogP contribution is -2.51. The van der Waals surface area contributed by atoms with Crippen LogP contribution in [0, 0.1) is 0 Å². The molecule has 0 spiro atoms. The van der Waals surface area contributed by atoms with Crippen LogP contribution >= 0.6 is 0 Å². The molecule has 0 fully saturated rings. The van der Waals surface area contributed by atoms with Gasteiger partial charge in [0.2, 0.25) is 0 Å². The monoisotopic (exact) mass is 678 g/mol. The number of nitrogens with zero attached hydrogens (tertiary/aromatic N) is 6. The highest BCUT2D eigenvalue weighted by Gasteiger charge is 2.43. The van der Waals surface area contributed by atoms with E-state index in [1.54, 1.807) is 6.07 Å². The average molecular weight is 679 g/mol. The molecule has 2 aliphatic heterocycles. The molecule has 5 heterocycles. The Morgan fingerprint density at radius 3 is 1.27 bits per heavy atom. The number of nitrogens with one attached hydrogen (secondary N) is 2. The minimum absolute atomic E-state index is 0.445. The lowest BCUT2D eigenvalue weighted by Gasteiger charge is -2.34. The van der Waals surface area contributed by atoms with Gasteiger partial charge in [0, 0.05) is 72.2 Å². The van der Waals surface area contributed by atoms with Gasteiger partial charge in [-0.15, -0.1) is 0 Å². The summed E-state index contributed by atoms with van der Waals surface area (Å²) in [5, 5.41) is 3.32. The second kappa shape index (κ2) is 12.0. The summed E-state index contributed by atoms with van der Waals surface area (Å²) >= 11 is 0. The third-order valence-corrected chi connectivity index (χ3v) is 9.12. The van der Waals surface area contributed by atoms with Gasteiger partial charge in [0.15, 0.2) is 23.3 Å². The summed E-state index contributed by atoms with van der Waals surface area (Å²) < 4.78 is 28.3. The maximum atomic E-state index is 6.24. The van der Waals surface area contributed by atoms with Crippen LogP contribution in [0.4, 0.5) is 0 Å². The maximum Gasteiger partial charge on any atom is 0.348 e. The SMILES string of the molecule is COC(Oc1ccc2c3nc4nc(nc5[nH]c(nc6nc(nc([nH]3)c2c1)-c1ccccc1-6)c1ccccc51)-c1ccccc1-4)C(OC)(OC)OC. The van der Waals surface area contributed by atoms with Gasteiger partial charge in [-0.3, -0.25) is 0 Å². The van der Waals surface area contributed by atoms with Crippen LogP contribution in [-0.2, 0) is 18.9 Å². The first-order chi connectivity index (χ1) is 25.0. The zero-order chi connectivity index (χ0) is 34.7. The fourth-order valence-electron chi connectivity index (χ4n) is 6.62. The van der Waals surface area contributed by atoms with E-state index in [4.69, 9.17) is 53.6 Å². The predicted molar refractivity (Wildman–Crippen MR) is 191 cm³/mol. The Hall–Kier alpha value is -6.12. The third kappa shape index (κ3) is 4.94. The Kier molecular flexibility index (Phi) is 7.29. The first-order valence-electron chi connectivity index (χ1n) is 16.1. The predicted octanol–water partition coefficient (Wildman–Crippen LogP) is 6.81. The van der Waals surface area contributed by atoms with Crippen LogP contribution in [0.1, 0.15) is 0 Å². The number of hydrogen-bond acceptors (Lipinski definition) is 11. The van der Waals surface area contributed by atoms with Crippen molar-refractivity contribution in [2.24, 2.45) is 0 Å². The molecule has 8 bridgehead atoms. The fraction of sp³-hybridized carbons (Fsp3) is 0.158. The molecule has 0 amide bonds. The van der Waals surface area contributed by atoms with Gasteiger partial charge >= 0.3 is 5.97 Å². The summed E-state index contributed by atoms with van der Waals surface area (Å²) in [5.41, 5.74) is 5.75. The van der Waals surface area contributed by atoms with Crippen LogP contribution in [0.3, 0.4) is 0 Å². The van der Waals surface area contributed by atoms with Crippen molar-refractivity contribution in [3.63, 3.8) is 0 Å². The van der Waals surface area contributed by atoms with Crippen LogP contribution in [0.2, 0.25) is 0 Å². The highest BCUT2D eigenvalue weighted by Crippen LogP contribution is 2.37. The van der Waals surface area contributed by atoms with Gasteiger partial charge in [-0.25, -0.2) is 29.9 Å². The van der Waals surface area contributed by atoms with Crippen LogP contribution in [0.15, 0.2) is 91.0 Å². The van der Waals surface area contributed by atoms with Gasteiger partial charge < -0.3 is 33.7 Å². The number of hydrogen-bond donors (Lipinski definition) is 2. The Balaban J connectivity index is 1.37. The van der Waals surface area contributed by atoms with Crippen LogP contribution in [-0.4, -0.2) is 80.6 Å². The van der Waals surface area contributed by atoms with E-state index < -0.39 is 12.3 Å². The molecule has 0 aliphatic carbocycles. The fourth-order valence-corrected chi connectivity index (χ4v) is 6.62. The maximum absolute atomic E-state index is 6.24. The number of H-pyrrole nitrogens is 2. The van der Waals surface area contributed by atoms with Crippen molar-refractivity contribution < 1.29 is 23.7 Å². The van der Waals surface area contributed by atoms with Gasteiger partial charge in [0.1, 0.15) is 28.3 Å². The molecule has 0 radical (unpaired) electrons. The molecular weight excluding hydrogens is 648 g/mol. The number of aromatic amines is 2. The normalized spacial score (nSPS) is 12.9. The Bertz CT molecular complexity index is 2650. The zero-order valence-corrected chi connectivity index (χ0v) is 28.0. The summed E-state index contributed by atoms with van der Waals surface area (Å²) in [6.07, 6.45) is -1.08. The number of methoxy groups -OCH3 is 4. The summed E-state index contributed by atoms with van der Waals surface area (Å²) in [6, 6.07) is 29.3. The van der Waals surface area contributed by atoms with Gasteiger partial charge in [0.05, 0.1) is 0 Å². The zero-order valence-electron chi connectivity index (χ0n) is 28.0. The van der Waals surface area contributed by atoms with Crippen molar-refractivity contribution >= 4 is 44.1 Å².